The first-order chi connectivity index (χ1) is 15.1. The normalized spacial score (nSPS) is 10.8. The average Bonchev–Trinajstić information content (AvgIpc) is 3.33. The number of carbonyl (C=O) groups excluding carboxylic acids is 2. The molecule has 0 aliphatic rings. The van der Waals surface area contributed by atoms with Crippen LogP contribution >= 0.6 is 11.8 Å². The van der Waals surface area contributed by atoms with Crippen molar-refractivity contribution in [2.75, 3.05) is 25.2 Å². The van der Waals surface area contributed by atoms with E-state index in [1.165, 1.54) is 4.90 Å². The summed E-state index contributed by atoms with van der Waals surface area (Å²) in [5.74, 6) is 0.0514. The van der Waals surface area contributed by atoms with Gasteiger partial charge in [-0.05, 0) is 42.7 Å². The molecule has 0 radical (unpaired) electrons. The Kier molecular flexibility index (Phi) is 6.04. The highest BCUT2D eigenvalue weighted by Gasteiger charge is 2.20. The van der Waals surface area contributed by atoms with E-state index in [9.17, 15) is 9.59 Å². The zero-order valence-electron chi connectivity index (χ0n) is 17.2. The highest BCUT2D eigenvalue weighted by molar-refractivity contribution is 7.98. The molecule has 0 aliphatic carbocycles. The average molecular weight is 432 g/mol. The number of anilines is 1. The largest absolute Gasteiger partial charge is 0.463 e. The fourth-order valence-electron chi connectivity index (χ4n) is 3.33. The van der Waals surface area contributed by atoms with E-state index in [1.54, 1.807) is 43.3 Å². The van der Waals surface area contributed by atoms with Crippen molar-refractivity contribution in [1.29, 1.82) is 0 Å². The van der Waals surface area contributed by atoms with Crippen LogP contribution in [0.3, 0.4) is 0 Å². The number of rotatable bonds is 6. The Morgan fingerprint density at radius 3 is 2.61 bits per heavy atom. The van der Waals surface area contributed by atoms with E-state index in [0.717, 1.165) is 16.0 Å². The van der Waals surface area contributed by atoms with Crippen LogP contribution in [0.15, 0.2) is 82.3 Å². The molecule has 2 aromatic heterocycles. The minimum absolute atomic E-state index is 0.0751. The molecule has 4 aromatic rings. The van der Waals surface area contributed by atoms with Crippen LogP contribution in [-0.4, -0.2) is 41.5 Å². The molecular weight excluding hydrogens is 410 g/mol. The molecule has 0 atom stereocenters. The maximum absolute atomic E-state index is 13.3. The van der Waals surface area contributed by atoms with Crippen LogP contribution in [0.4, 0.5) is 5.69 Å². The number of hydrogen-bond donors (Lipinski definition) is 1. The third-order valence-electron chi connectivity index (χ3n) is 4.83. The molecule has 6 nitrogen and oxygen atoms in total. The molecule has 4 rings (SSSR count). The zero-order chi connectivity index (χ0) is 21.8. The third-order valence-corrected chi connectivity index (χ3v) is 5.62. The van der Waals surface area contributed by atoms with E-state index < -0.39 is 0 Å². The quantitative estimate of drug-likeness (QED) is 0.438. The molecular formula is C24H21N3O3S. The Labute approximate surface area is 184 Å². The summed E-state index contributed by atoms with van der Waals surface area (Å²) in [5, 5.41) is 3.61. The lowest BCUT2D eigenvalue weighted by atomic mass is 10.1. The number of carbonyl (C=O) groups is 2. The van der Waals surface area contributed by atoms with Crippen LogP contribution in [0.25, 0.3) is 22.4 Å². The standard InChI is InChI=1S/C24H21N3O3S/c1-27(15-23(28)26-19-10-5-6-12-22(19)31-2)24(29)17-14-20(21-11-7-13-30-21)25-18-9-4-3-8-16(17)18/h3-14H,15H2,1-2H3,(H,26,28). The summed E-state index contributed by atoms with van der Waals surface area (Å²) in [6.45, 7) is -0.0751. The van der Waals surface area contributed by atoms with Gasteiger partial charge in [0.1, 0.15) is 5.69 Å². The summed E-state index contributed by atoms with van der Waals surface area (Å²) in [5.41, 5.74) is 2.46. The first kappa shape index (κ1) is 20.7. The van der Waals surface area contributed by atoms with E-state index >= 15 is 0 Å². The number of aromatic nitrogens is 1. The van der Waals surface area contributed by atoms with Gasteiger partial charge in [-0.3, -0.25) is 9.59 Å². The van der Waals surface area contributed by atoms with Crippen molar-refractivity contribution in [2.24, 2.45) is 0 Å². The number of pyridine rings is 1. The van der Waals surface area contributed by atoms with Crippen molar-refractivity contribution in [3.63, 3.8) is 0 Å². The molecule has 0 spiro atoms. The van der Waals surface area contributed by atoms with Gasteiger partial charge in [0.15, 0.2) is 5.76 Å². The van der Waals surface area contributed by atoms with E-state index in [1.807, 2.05) is 54.8 Å². The van der Waals surface area contributed by atoms with Crippen LogP contribution in [0.1, 0.15) is 10.4 Å². The molecule has 2 heterocycles. The van der Waals surface area contributed by atoms with Gasteiger partial charge in [-0.2, -0.15) is 0 Å². The maximum Gasteiger partial charge on any atom is 0.254 e. The molecule has 0 saturated carbocycles. The highest BCUT2D eigenvalue weighted by Crippen LogP contribution is 2.27. The minimum atomic E-state index is -0.264. The maximum atomic E-state index is 13.3. The Morgan fingerprint density at radius 1 is 1.06 bits per heavy atom. The molecule has 31 heavy (non-hydrogen) atoms. The van der Waals surface area contributed by atoms with Crippen LogP contribution in [-0.2, 0) is 4.79 Å². The monoisotopic (exact) mass is 431 g/mol. The fourth-order valence-corrected chi connectivity index (χ4v) is 3.89. The van der Waals surface area contributed by atoms with Gasteiger partial charge >= 0.3 is 0 Å². The predicted molar refractivity (Wildman–Crippen MR) is 123 cm³/mol. The van der Waals surface area contributed by atoms with Crippen molar-refractivity contribution in [1.82, 2.24) is 9.88 Å². The van der Waals surface area contributed by atoms with Gasteiger partial charge in [-0.25, -0.2) is 4.98 Å². The topological polar surface area (TPSA) is 75.4 Å². The summed E-state index contributed by atoms with van der Waals surface area (Å²) >= 11 is 1.55. The number of likely N-dealkylation sites (N-methyl/N-ethyl adjacent to an activating group) is 1. The first-order valence-electron chi connectivity index (χ1n) is 9.69. The van der Waals surface area contributed by atoms with Gasteiger partial charge in [0, 0.05) is 17.3 Å². The number of fused-ring (bicyclic) bond motifs is 1. The Hall–Kier alpha value is -3.58. The van der Waals surface area contributed by atoms with Crippen LogP contribution in [0.2, 0.25) is 0 Å². The van der Waals surface area contributed by atoms with Crippen molar-refractivity contribution < 1.29 is 14.0 Å². The Balaban J connectivity index is 1.59. The number of nitrogens with zero attached hydrogens (tertiary/aromatic N) is 2. The molecule has 0 bridgehead atoms. The van der Waals surface area contributed by atoms with Crippen LogP contribution < -0.4 is 5.32 Å². The third kappa shape index (κ3) is 4.46. The Morgan fingerprint density at radius 2 is 1.84 bits per heavy atom. The van der Waals surface area contributed by atoms with E-state index in [4.69, 9.17) is 4.42 Å². The van der Waals surface area contributed by atoms with Crippen LogP contribution in [0.5, 0.6) is 0 Å². The van der Waals surface area contributed by atoms with Gasteiger partial charge < -0.3 is 14.6 Å². The SMILES string of the molecule is CSc1ccccc1NC(=O)CN(C)C(=O)c1cc(-c2ccco2)nc2ccccc12. The number of hydrogen-bond acceptors (Lipinski definition) is 5. The lowest BCUT2D eigenvalue weighted by Gasteiger charge is -2.19. The molecule has 1 N–H and O–H groups in total. The predicted octanol–water partition coefficient (Wildman–Crippen LogP) is 4.93. The van der Waals surface area contributed by atoms with Crippen LogP contribution in [0, 0.1) is 0 Å². The van der Waals surface area contributed by atoms with Crippen molar-refractivity contribution >= 4 is 40.2 Å². The lowest BCUT2D eigenvalue weighted by molar-refractivity contribution is -0.116. The number of amides is 2. The second-order valence-electron chi connectivity index (χ2n) is 6.96. The molecule has 7 heteroatoms. The molecule has 0 aliphatic heterocycles. The molecule has 0 unspecified atom stereocenters. The summed E-state index contributed by atoms with van der Waals surface area (Å²) in [4.78, 5) is 32.9. The molecule has 156 valence electrons. The lowest BCUT2D eigenvalue weighted by Crippen LogP contribution is -2.35. The number of benzene rings is 2. The summed E-state index contributed by atoms with van der Waals surface area (Å²) < 4.78 is 5.46. The summed E-state index contributed by atoms with van der Waals surface area (Å²) in [7, 11) is 1.62. The smallest absolute Gasteiger partial charge is 0.254 e. The second-order valence-corrected chi connectivity index (χ2v) is 7.81. The van der Waals surface area contributed by atoms with E-state index in [2.05, 4.69) is 10.3 Å². The molecule has 0 fully saturated rings. The zero-order valence-corrected chi connectivity index (χ0v) is 18.0. The molecule has 0 saturated heterocycles. The van der Waals surface area contributed by atoms with Gasteiger partial charge in [0.25, 0.3) is 5.91 Å². The fraction of sp³-hybridized carbons (Fsp3) is 0.125. The number of thioether (sulfide) groups is 1. The Bertz CT molecular complexity index is 1240. The van der Waals surface area contributed by atoms with Crippen molar-refractivity contribution in [3.8, 4) is 11.5 Å². The van der Waals surface area contributed by atoms with Gasteiger partial charge in [0.2, 0.25) is 5.91 Å². The summed E-state index contributed by atoms with van der Waals surface area (Å²) in [6, 6.07) is 20.3. The molecule has 2 aromatic carbocycles. The van der Waals surface area contributed by atoms with E-state index in [0.29, 0.717) is 22.5 Å². The molecule has 2 amide bonds. The second kappa shape index (κ2) is 9.06. The number of furan rings is 1. The minimum Gasteiger partial charge on any atom is -0.463 e. The van der Waals surface area contributed by atoms with Gasteiger partial charge in [-0.1, -0.05) is 30.3 Å². The number of para-hydroxylation sites is 2. The first-order valence-corrected chi connectivity index (χ1v) is 10.9. The highest BCUT2D eigenvalue weighted by atomic mass is 32.2. The number of nitrogens with one attached hydrogen (secondary N) is 1. The van der Waals surface area contributed by atoms with E-state index in [-0.39, 0.29) is 18.4 Å². The van der Waals surface area contributed by atoms with Crippen molar-refractivity contribution in [3.05, 3.63) is 78.6 Å². The summed E-state index contributed by atoms with van der Waals surface area (Å²) in [6.07, 6.45) is 3.52. The van der Waals surface area contributed by atoms with Gasteiger partial charge in [-0.15, -0.1) is 11.8 Å². The van der Waals surface area contributed by atoms with Gasteiger partial charge in [0.05, 0.1) is 29.6 Å². The van der Waals surface area contributed by atoms with Crippen molar-refractivity contribution in [2.45, 2.75) is 4.90 Å².